The van der Waals surface area contributed by atoms with Crippen LogP contribution in [0.15, 0.2) is 10.6 Å². The van der Waals surface area contributed by atoms with Crippen LogP contribution in [-0.4, -0.2) is 56.7 Å². The molecule has 0 bridgehead atoms. The lowest BCUT2D eigenvalue weighted by atomic mass is 9.94. The van der Waals surface area contributed by atoms with Crippen molar-refractivity contribution in [2.75, 3.05) is 26.2 Å². The molecule has 0 saturated carbocycles. The van der Waals surface area contributed by atoms with Crippen LogP contribution in [-0.2, 0) is 22.9 Å². The van der Waals surface area contributed by atoms with Crippen molar-refractivity contribution in [2.24, 2.45) is 0 Å². The molecule has 1 atom stereocenters. The lowest BCUT2D eigenvalue weighted by molar-refractivity contribution is -0.142. The van der Waals surface area contributed by atoms with E-state index >= 15 is 0 Å². The van der Waals surface area contributed by atoms with Gasteiger partial charge in [0, 0.05) is 31.6 Å². The van der Waals surface area contributed by atoms with Crippen molar-refractivity contribution < 1.29 is 22.4 Å². The zero-order valence-corrected chi connectivity index (χ0v) is 19.7. The Kier molecular flexibility index (Phi) is 6.95. The second-order valence-electron chi connectivity index (χ2n) is 9.19. The van der Waals surface area contributed by atoms with Crippen LogP contribution in [0.4, 0.5) is 13.2 Å². The number of aromatic nitrogens is 3. The first-order valence-electron chi connectivity index (χ1n) is 10.6. The molecule has 0 aliphatic carbocycles. The first kappa shape index (κ1) is 24.6. The molecule has 1 saturated heterocycles. The average Bonchev–Trinajstić information content (AvgIpc) is 3.19. The Labute approximate surface area is 190 Å². The van der Waals surface area contributed by atoms with E-state index in [2.05, 4.69) is 35.8 Å². The van der Waals surface area contributed by atoms with Crippen molar-refractivity contribution >= 4 is 17.5 Å². The highest BCUT2D eigenvalue weighted by atomic mass is 35.5. The molecule has 2 aromatic heterocycles. The van der Waals surface area contributed by atoms with Gasteiger partial charge in [-0.1, -0.05) is 32.4 Å². The number of carbonyl (C=O) groups is 1. The normalized spacial score (nSPS) is 17.5. The number of rotatable bonds is 4. The van der Waals surface area contributed by atoms with E-state index in [0.29, 0.717) is 32.1 Å². The van der Waals surface area contributed by atoms with E-state index in [1.807, 2.05) is 0 Å². The van der Waals surface area contributed by atoms with Gasteiger partial charge < -0.3 is 9.32 Å². The number of alkyl halides is 3. The van der Waals surface area contributed by atoms with Crippen molar-refractivity contribution in [3.63, 3.8) is 0 Å². The lowest BCUT2D eigenvalue weighted by Crippen LogP contribution is -2.39. The molecule has 3 heterocycles. The number of halogens is 4. The molecule has 1 fully saturated rings. The van der Waals surface area contributed by atoms with E-state index in [4.69, 9.17) is 16.0 Å². The van der Waals surface area contributed by atoms with Crippen LogP contribution in [0.3, 0.4) is 0 Å². The Morgan fingerprint density at radius 3 is 2.47 bits per heavy atom. The minimum atomic E-state index is -4.67. The Hall–Kier alpha value is -2.07. The summed E-state index contributed by atoms with van der Waals surface area (Å²) in [7, 11) is 0. The minimum Gasteiger partial charge on any atom is -0.444 e. The molecule has 1 unspecified atom stereocenters. The third kappa shape index (κ3) is 5.28. The molecular formula is C21H29ClF3N5O2. The highest BCUT2D eigenvalue weighted by Crippen LogP contribution is 2.36. The smallest absolute Gasteiger partial charge is 0.436 e. The van der Waals surface area contributed by atoms with Crippen molar-refractivity contribution in [1.29, 1.82) is 0 Å². The van der Waals surface area contributed by atoms with Crippen LogP contribution >= 0.6 is 11.6 Å². The second kappa shape index (κ2) is 9.05. The Morgan fingerprint density at radius 1 is 1.22 bits per heavy atom. The predicted molar refractivity (Wildman–Crippen MR) is 113 cm³/mol. The summed E-state index contributed by atoms with van der Waals surface area (Å²) in [4.78, 5) is 21.2. The molecule has 0 spiro atoms. The SMILES string of the molecule is Cc1c(Cl)c(C(F)(F)F)nn1C(C)C(=O)N1CCCN(Cc2ncc(C(C)(C)C)o2)CC1. The third-order valence-corrected chi connectivity index (χ3v) is 6.07. The summed E-state index contributed by atoms with van der Waals surface area (Å²) in [5, 5.41) is 3.12. The van der Waals surface area contributed by atoms with Crippen molar-refractivity contribution in [3.8, 4) is 0 Å². The van der Waals surface area contributed by atoms with Crippen molar-refractivity contribution in [3.05, 3.63) is 34.3 Å². The van der Waals surface area contributed by atoms with Gasteiger partial charge in [0.05, 0.1) is 23.5 Å². The van der Waals surface area contributed by atoms with Crippen LogP contribution in [0, 0.1) is 6.92 Å². The van der Waals surface area contributed by atoms with Gasteiger partial charge in [-0.25, -0.2) is 4.98 Å². The number of oxazole rings is 1. The van der Waals surface area contributed by atoms with Crippen LogP contribution in [0.2, 0.25) is 5.02 Å². The molecular weight excluding hydrogens is 447 g/mol. The summed E-state index contributed by atoms with van der Waals surface area (Å²) in [6.45, 7) is 12.0. The van der Waals surface area contributed by atoms with Gasteiger partial charge in [-0.05, 0) is 20.3 Å². The number of hydrogen-bond acceptors (Lipinski definition) is 5. The summed E-state index contributed by atoms with van der Waals surface area (Å²) in [6, 6.07) is -0.892. The Bertz CT molecular complexity index is 964. The number of carbonyl (C=O) groups excluding carboxylic acids is 1. The van der Waals surface area contributed by atoms with Gasteiger partial charge in [-0.2, -0.15) is 18.3 Å². The van der Waals surface area contributed by atoms with Crippen molar-refractivity contribution in [1.82, 2.24) is 24.6 Å². The maximum Gasteiger partial charge on any atom is 0.436 e. The molecule has 11 heteroatoms. The summed E-state index contributed by atoms with van der Waals surface area (Å²) in [5.41, 5.74) is -1.17. The topological polar surface area (TPSA) is 67.4 Å². The van der Waals surface area contributed by atoms with Crippen LogP contribution in [0.1, 0.15) is 63.2 Å². The molecule has 0 radical (unpaired) electrons. The van der Waals surface area contributed by atoms with E-state index in [-0.39, 0.29) is 17.0 Å². The largest absolute Gasteiger partial charge is 0.444 e. The molecule has 7 nitrogen and oxygen atoms in total. The van der Waals surface area contributed by atoms with Gasteiger partial charge in [0.15, 0.2) is 5.69 Å². The molecule has 2 aromatic rings. The van der Waals surface area contributed by atoms with Crippen LogP contribution < -0.4 is 0 Å². The summed E-state index contributed by atoms with van der Waals surface area (Å²) >= 11 is 5.84. The van der Waals surface area contributed by atoms with Gasteiger partial charge in [0.2, 0.25) is 11.8 Å². The molecule has 0 aromatic carbocycles. The number of amides is 1. The maximum absolute atomic E-state index is 13.1. The zero-order valence-electron chi connectivity index (χ0n) is 19.0. The fourth-order valence-electron chi connectivity index (χ4n) is 3.70. The van der Waals surface area contributed by atoms with E-state index < -0.39 is 22.9 Å². The maximum atomic E-state index is 13.1. The van der Waals surface area contributed by atoms with Gasteiger partial charge >= 0.3 is 6.18 Å². The van der Waals surface area contributed by atoms with Crippen LogP contribution in [0.5, 0.6) is 0 Å². The fourth-order valence-corrected chi connectivity index (χ4v) is 3.93. The Balaban J connectivity index is 1.65. The standard InChI is InChI=1S/C21H29ClF3N5O2/c1-13-17(22)18(21(23,24)25)27-30(13)14(2)19(31)29-8-6-7-28(9-10-29)12-16-26-11-15(32-16)20(3,4)5/h11,14H,6-10,12H2,1-5H3. The molecule has 1 aliphatic rings. The second-order valence-corrected chi connectivity index (χ2v) is 9.57. The highest BCUT2D eigenvalue weighted by molar-refractivity contribution is 6.32. The quantitative estimate of drug-likeness (QED) is 0.653. The molecule has 0 N–H and O–H groups in total. The van der Waals surface area contributed by atoms with E-state index in [0.717, 1.165) is 23.4 Å². The number of hydrogen-bond donors (Lipinski definition) is 0. The average molecular weight is 476 g/mol. The Morgan fingerprint density at radius 2 is 1.91 bits per heavy atom. The summed E-state index contributed by atoms with van der Waals surface area (Å²) in [6.07, 6.45) is -2.19. The van der Waals surface area contributed by atoms with Gasteiger partial charge in [0.25, 0.3) is 0 Å². The van der Waals surface area contributed by atoms with Crippen LogP contribution in [0.25, 0.3) is 0 Å². The van der Waals surface area contributed by atoms with E-state index in [1.165, 1.54) is 6.92 Å². The first-order valence-corrected chi connectivity index (χ1v) is 10.9. The third-order valence-electron chi connectivity index (χ3n) is 5.62. The zero-order chi connectivity index (χ0) is 23.8. The van der Waals surface area contributed by atoms with Gasteiger partial charge in [-0.15, -0.1) is 0 Å². The van der Waals surface area contributed by atoms with E-state index in [1.54, 1.807) is 18.0 Å². The summed E-state index contributed by atoms with van der Waals surface area (Å²) < 4.78 is 46.3. The lowest BCUT2D eigenvalue weighted by Gasteiger charge is -2.25. The van der Waals surface area contributed by atoms with Crippen molar-refractivity contribution in [2.45, 2.75) is 65.2 Å². The number of nitrogens with zero attached hydrogens (tertiary/aromatic N) is 5. The first-order chi connectivity index (χ1) is 14.8. The van der Waals surface area contributed by atoms with Gasteiger partial charge in [-0.3, -0.25) is 14.4 Å². The summed E-state index contributed by atoms with van der Waals surface area (Å²) in [5.74, 6) is 1.16. The molecule has 3 rings (SSSR count). The fraction of sp³-hybridized carbons (Fsp3) is 0.667. The highest BCUT2D eigenvalue weighted by Gasteiger charge is 2.39. The predicted octanol–water partition coefficient (Wildman–Crippen LogP) is 4.44. The molecule has 1 amide bonds. The molecule has 1 aliphatic heterocycles. The molecule has 32 heavy (non-hydrogen) atoms. The van der Waals surface area contributed by atoms with E-state index in [9.17, 15) is 18.0 Å². The minimum absolute atomic E-state index is 0.120. The monoisotopic (exact) mass is 475 g/mol. The molecule has 178 valence electrons. The van der Waals surface area contributed by atoms with Gasteiger partial charge in [0.1, 0.15) is 11.8 Å².